The number of rotatable bonds is 3. The normalized spacial score (nSPS) is 25.7. The van der Waals surface area contributed by atoms with Crippen LogP contribution in [0.3, 0.4) is 0 Å². The van der Waals surface area contributed by atoms with E-state index in [1.165, 1.54) is 32.5 Å². The highest BCUT2D eigenvalue weighted by Crippen LogP contribution is 2.24. The van der Waals surface area contributed by atoms with E-state index in [0.717, 1.165) is 31.7 Å². The molecule has 0 amide bonds. The van der Waals surface area contributed by atoms with Crippen molar-refractivity contribution < 1.29 is 4.79 Å². The molecule has 3 nitrogen and oxygen atoms in total. The Balaban J connectivity index is 1.80. The Morgan fingerprint density at radius 1 is 1.12 bits per heavy atom. The first kappa shape index (κ1) is 13.0. The average molecular weight is 238 g/mol. The molecule has 1 aliphatic heterocycles. The molecule has 17 heavy (non-hydrogen) atoms. The van der Waals surface area contributed by atoms with E-state index in [9.17, 15) is 4.79 Å². The number of ketones is 1. The Hall–Kier alpha value is -0.410. The van der Waals surface area contributed by atoms with Crippen molar-refractivity contribution in [2.24, 2.45) is 0 Å². The lowest BCUT2D eigenvalue weighted by Crippen LogP contribution is -2.48. The summed E-state index contributed by atoms with van der Waals surface area (Å²) in [6.07, 6.45) is 6.39. The van der Waals surface area contributed by atoms with E-state index in [1.54, 1.807) is 0 Å². The third-order valence-corrected chi connectivity index (χ3v) is 4.67. The van der Waals surface area contributed by atoms with Gasteiger partial charge in [-0.25, -0.2) is 0 Å². The van der Waals surface area contributed by atoms with Gasteiger partial charge in [0.25, 0.3) is 0 Å². The third-order valence-electron chi connectivity index (χ3n) is 4.67. The lowest BCUT2D eigenvalue weighted by molar-refractivity contribution is -0.121. The molecule has 2 rings (SSSR count). The van der Waals surface area contributed by atoms with Gasteiger partial charge in [0.1, 0.15) is 5.78 Å². The SMILES string of the molecule is CCN1CCC(N(C)C2CCC(=O)CC2)CC1. The van der Waals surface area contributed by atoms with Gasteiger partial charge in [-0.1, -0.05) is 6.92 Å². The van der Waals surface area contributed by atoms with E-state index in [4.69, 9.17) is 0 Å². The lowest BCUT2D eigenvalue weighted by Gasteiger charge is -2.41. The van der Waals surface area contributed by atoms with Crippen molar-refractivity contribution in [1.29, 1.82) is 0 Å². The largest absolute Gasteiger partial charge is 0.303 e. The first-order chi connectivity index (χ1) is 8.20. The number of hydrogen-bond acceptors (Lipinski definition) is 3. The van der Waals surface area contributed by atoms with E-state index < -0.39 is 0 Å². The molecular weight excluding hydrogens is 212 g/mol. The van der Waals surface area contributed by atoms with Crippen molar-refractivity contribution in [2.45, 2.75) is 57.5 Å². The summed E-state index contributed by atoms with van der Waals surface area (Å²) in [5, 5.41) is 0. The maximum atomic E-state index is 11.3. The van der Waals surface area contributed by atoms with E-state index in [2.05, 4.69) is 23.8 Å². The number of piperidine rings is 1. The minimum atomic E-state index is 0.468. The van der Waals surface area contributed by atoms with Crippen LogP contribution in [-0.2, 0) is 4.79 Å². The molecule has 1 saturated heterocycles. The topological polar surface area (TPSA) is 23.6 Å². The zero-order valence-corrected chi connectivity index (χ0v) is 11.3. The van der Waals surface area contributed by atoms with Gasteiger partial charge in [-0.15, -0.1) is 0 Å². The Morgan fingerprint density at radius 3 is 2.18 bits per heavy atom. The molecule has 1 aliphatic carbocycles. The molecule has 2 aliphatic rings. The Kier molecular flexibility index (Phi) is 4.57. The highest BCUT2D eigenvalue weighted by Gasteiger charge is 2.28. The van der Waals surface area contributed by atoms with Gasteiger partial charge in [0, 0.05) is 24.9 Å². The molecule has 1 saturated carbocycles. The van der Waals surface area contributed by atoms with Crippen molar-refractivity contribution in [2.75, 3.05) is 26.7 Å². The standard InChI is InChI=1S/C14H26N2O/c1-3-16-10-8-13(9-11-16)15(2)12-4-6-14(17)7-5-12/h12-13H,3-11H2,1-2H3. The summed E-state index contributed by atoms with van der Waals surface area (Å²) in [6, 6.07) is 1.40. The first-order valence-electron chi connectivity index (χ1n) is 7.16. The molecule has 1 heterocycles. The second-order valence-corrected chi connectivity index (χ2v) is 5.60. The number of nitrogens with zero attached hydrogens (tertiary/aromatic N) is 2. The van der Waals surface area contributed by atoms with Gasteiger partial charge < -0.3 is 9.80 Å². The van der Waals surface area contributed by atoms with Crippen molar-refractivity contribution in [3.63, 3.8) is 0 Å². The van der Waals surface area contributed by atoms with Crippen LogP contribution in [0.1, 0.15) is 45.4 Å². The minimum Gasteiger partial charge on any atom is -0.303 e. The fraction of sp³-hybridized carbons (Fsp3) is 0.929. The second kappa shape index (κ2) is 5.96. The fourth-order valence-corrected chi connectivity index (χ4v) is 3.27. The molecule has 0 spiro atoms. The zero-order valence-electron chi connectivity index (χ0n) is 11.3. The molecular formula is C14H26N2O. The molecule has 0 atom stereocenters. The van der Waals surface area contributed by atoms with Crippen LogP contribution in [0.5, 0.6) is 0 Å². The molecule has 2 fully saturated rings. The zero-order chi connectivity index (χ0) is 12.3. The summed E-state index contributed by atoms with van der Waals surface area (Å²) in [7, 11) is 2.27. The van der Waals surface area contributed by atoms with E-state index in [1.807, 2.05) is 0 Å². The van der Waals surface area contributed by atoms with Crippen LogP contribution in [0.2, 0.25) is 0 Å². The van der Waals surface area contributed by atoms with Crippen LogP contribution in [0.25, 0.3) is 0 Å². The Morgan fingerprint density at radius 2 is 1.65 bits per heavy atom. The molecule has 0 aromatic heterocycles. The summed E-state index contributed by atoms with van der Waals surface area (Å²) < 4.78 is 0. The van der Waals surface area contributed by atoms with E-state index >= 15 is 0 Å². The lowest BCUT2D eigenvalue weighted by atomic mass is 9.91. The summed E-state index contributed by atoms with van der Waals surface area (Å²) in [5.41, 5.74) is 0. The van der Waals surface area contributed by atoms with Gasteiger partial charge in [0.2, 0.25) is 0 Å². The van der Waals surface area contributed by atoms with Crippen molar-refractivity contribution in [3.05, 3.63) is 0 Å². The van der Waals surface area contributed by atoms with Gasteiger partial charge in [-0.2, -0.15) is 0 Å². The predicted octanol–water partition coefficient (Wildman–Crippen LogP) is 1.91. The predicted molar refractivity (Wildman–Crippen MR) is 70.2 cm³/mol. The van der Waals surface area contributed by atoms with Crippen LogP contribution in [-0.4, -0.2) is 54.3 Å². The van der Waals surface area contributed by atoms with Gasteiger partial charge in [-0.05, 0) is 52.4 Å². The van der Waals surface area contributed by atoms with Crippen molar-refractivity contribution in [3.8, 4) is 0 Å². The maximum absolute atomic E-state index is 11.3. The molecule has 0 radical (unpaired) electrons. The summed E-state index contributed by atoms with van der Waals surface area (Å²) in [6.45, 7) is 5.93. The fourth-order valence-electron chi connectivity index (χ4n) is 3.27. The van der Waals surface area contributed by atoms with Crippen LogP contribution < -0.4 is 0 Å². The number of hydrogen-bond donors (Lipinski definition) is 0. The molecule has 0 aromatic rings. The average Bonchev–Trinajstić information content (AvgIpc) is 2.39. The highest BCUT2D eigenvalue weighted by atomic mass is 16.1. The molecule has 0 aromatic carbocycles. The quantitative estimate of drug-likeness (QED) is 0.750. The summed E-state index contributed by atoms with van der Waals surface area (Å²) in [4.78, 5) is 16.4. The molecule has 0 bridgehead atoms. The maximum Gasteiger partial charge on any atom is 0.133 e. The van der Waals surface area contributed by atoms with Gasteiger partial charge in [0.05, 0.1) is 0 Å². The number of carbonyl (C=O) groups excluding carboxylic acids is 1. The summed E-state index contributed by atoms with van der Waals surface area (Å²) >= 11 is 0. The Bertz CT molecular complexity index is 249. The van der Waals surface area contributed by atoms with Gasteiger partial charge in [0.15, 0.2) is 0 Å². The van der Waals surface area contributed by atoms with Crippen LogP contribution >= 0.6 is 0 Å². The number of Topliss-reactive ketones (excluding diaryl/α,β-unsaturated/α-hetero) is 1. The van der Waals surface area contributed by atoms with Crippen LogP contribution in [0.15, 0.2) is 0 Å². The molecule has 98 valence electrons. The summed E-state index contributed by atoms with van der Waals surface area (Å²) in [5.74, 6) is 0.468. The minimum absolute atomic E-state index is 0.468. The van der Waals surface area contributed by atoms with Gasteiger partial charge >= 0.3 is 0 Å². The van der Waals surface area contributed by atoms with Crippen LogP contribution in [0.4, 0.5) is 0 Å². The number of carbonyl (C=O) groups is 1. The first-order valence-corrected chi connectivity index (χ1v) is 7.16. The Labute approximate surface area is 105 Å². The molecule has 3 heteroatoms. The van der Waals surface area contributed by atoms with Crippen molar-refractivity contribution >= 4 is 5.78 Å². The molecule has 0 N–H and O–H groups in total. The smallest absolute Gasteiger partial charge is 0.133 e. The van der Waals surface area contributed by atoms with Crippen LogP contribution in [0, 0.1) is 0 Å². The second-order valence-electron chi connectivity index (χ2n) is 5.60. The van der Waals surface area contributed by atoms with E-state index in [0.29, 0.717) is 11.8 Å². The monoisotopic (exact) mass is 238 g/mol. The molecule has 0 unspecified atom stereocenters. The highest BCUT2D eigenvalue weighted by molar-refractivity contribution is 5.79. The van der Waals surface area contributed by atoms with Crippen molar-refractivity contribution in [1.82, 2.24) is 9.80 Å². The van der Waals surface area contributed by atoms with Gasteiger partial charge in [-0.3, -0.25) is 4.79 Å². The third kappa shape index (κ3) is 3.29. The number of likely N-dealkylation sites (tertiary alicyclic amines) is 1. The van der Waals surface area contributed by atoms with E-state index in [-0.39, 0.29) is 0 Å².